The Kier molecular flexibility index (Phi) is 8.51. The second-order valence-corrected chi connectivity index (χ2v) is 6.97. The first-order valence-electron chi connectivity index (χ1n) is 9.40. The summed E-state index contributed by atoms with van der Waals surface area (Å²) < 4.78 is 0. The van der Waals surface area contributed by atoms with Gasteiger partial charge < -0.3 is 10.2 Å². The van der Waals surface area contributed by atoms with Crippen LogP contribution in [0.25, 0.3) is 21.5 Å². The van der Waals surface area contributed by atoms with Crippen molar-refractivity contribution in [2.45, 2.75) is 0 Å². The summed E-state index contributed by atoms with van der Waals surface area (Å²) in [5, 5.41) is 34.2. The summed E-state index contributed by atoms with van der Waals surface area (Å²) in [4.78, 5) is 0. The van der Waals surface area contributed by atoms with Gasteiger partial charge in [0.1, 0.15) is 5.75 Å². The number of aromatic hydroxyl groups is 1. The fraction of sp³-hybridized carbons (Fsp3) is 0. The number of fused-ring (bicyclic) bond motifs is 2. The summed E-state index contributed by atoms with van der Waals surface area (Å²) >= 11 is 5.96. The molecule has 0 atom stereocenters. The van der Waals surface area contributed by atoms with Crippen LogP contribution in [0.1, 0.15) is 11.1 Å². The zero-order chi connectivity index (χ0) is 22.9. The Hall–Kier alpha value is -3.06. The maximum absolute atomic E-state index is 12.1. The summed E-state index contributed by atoms with van der Waals surface area (Å²) in [6.07, 6.45) is 2.89. The number of phenols is 1. The molecule has 0 heterocycles. The molecule has 0 spiro atoms. The van der Waals surface area contributed by atoms with E-state index in [0.717, 1.165) is 38.9 Å². The van der Waals surface area contributed by atoms with E-state index in [0.29, 0.717) is 11.1 Å². The Bertz CT molecular complexity index is 1210. The number of phenolic OH excluding ortho intramolecular Hbond substituents is 1. The predicted octanol–water partition coefficient (Wildman–Crippen LogP) is 4.29. The van der Waals surface area contributed by atoms with E-state index in [-0.39, 0.29) is 16.6 Å². The zero-order valence-electron chi connectivity index (χ0n) is 16.8. The number of hydrogen-bond acceptors (Lipinski definition) is 5. The molecule has 0 fully saturated rings. The maximum atomic E-state index is 12.1. The molecular weight excluding hydrogens is 497 g/mol. The Labute approximate surface area is 204 Å². The summed E-state index contributed by atoms with van der Waals surface area (Å²) in [5.74, 6) is -0.00152. The van der Waals surface area contributed by atoms with Crippen molar-refractivity contribution in [1.82, 2.24) is 10.9 Å². The van der Waals surface area contributed by atoms with Crippen LogP contribution in [-0.2, 0) is 17.3 Å². The van der Waals surface area contributed by atoms with Crippen molar-refractivity contribution in [3.8, 4) is 11.5 Å². The molecule has 9 heteroatoms. The van der Waals surface area contributed by atoms with Gasteiger partial charge in [-0.1, -0.05) is 60.3 Å². The number of hydrazone groups is 2. The van der Waals surface area contributed by atoms with E-state index in [4.69, 9.17) is 21.9 Å². The predicted molar refractivity (Wildman–Crippen MR) is 129 cm³/mol. The van der Waals surface area contributed by atoms with Gasteiger partial charge in [-0.2, -0.15) is 10.2 Å². The summed E-state index contributed by atoms with van der Waals surface area (Å²) in [6, 6.07) is 22.2. The van der Waals surface area contributed by atoms with Crippen LogP contribution >= 0.6 is 21.9 Å². The molecule has 4 rings (SSSR count). The third-order valence-electron chi connectivity index (χ3n) is 4.51. The number of nitrogens with one attached hydrogen (secondary N) is 2. The van der Waals surface area contributed by atoms with Crippen LogP contribution in [-0.4, -0.2) is 22.6 Å². The molecule has 0 aliphatic rings. The molecule has 4 aromatic rings. The fourth-order valence-electron chi connectivity index (χ4n) is 3.03. The minimum Gasteiger partial charge on any atom is -0.872 e. The average molecular weight is 514 g/mol. The number of hydrogen-bond donors (Lipinski definition) is 3. The van der Waals surface area contributed by atoms with Gasteiger partial charge in [-0.15, -0.1) is 0 Å². The van der Waals surface area contributed by atoms with Crippen LogP contribution in [0, 0.1) is 0 Å². The topological polar surface area (TPSA) is 92.1 Å². The van der Waals surface area contributed by atoms with E-state index in [2.05, 4.69) is 21.1 Å². The number of rotatable bonds is 4. The maximum Gasteiger partial charge on any atom is 0.207 e. The van der Waals surface area contributed by atoms with E-state index in [1.54, 1.807) is 18.2 Å². The Morgan fingerprint density at radius 2 is 1.25 bits per heavy atom. The Morgan fingerprint density at radius 1 is 0.812 bits per heavy atom. The van der Waals surface area contributed by atoms with Crippen LogP contribution < -0.4 is 16.0 Å². The molecule has 0 aromatic heterocycles. The first kappa shape index (κ1) is 23.6. The van der Waals surface area contributed by atoms with Gasteiger partial charge >= 0.3 is 27.0 Å². The molecule has 0 radical (unpaired) electrons. The molecule has 0 aliphatic carbocycles. The molecule has 3 N–H and O–H groups in total. The minimum atomic E-state index is -0.122. The van der Waals surface area contributed by atoms with E-state index in [9.17, 15) is 10.2 Å². The van der Waals surface area contributed by atoms with Crippen LogP contribution in [0.5, 0.6) is 11.5 Å². The minimum absolute atomic E-state index is 0.121. The summed E-state index contributed by atoms with van der Waals surface area (Å²) in [7, 11) is 4.76. The standard InChI is InChI=1S/C23H18N4O2S.ClH.Zn/c28-21-11-17-7-3-1-5-15(17)9-19(21)13-24-26-23(30)27-25-14-20-10-16-6-2-4-8-18(16)12-22(20)29;;/h1-14,28-29H,(H2,26,27,30);1H;/q;;+2/p-2/b24-13+,25-14+;;. The van der Waals surface area contributed by atoms with Crippen LogP contribution in [0.15, 0.2) is 83.0 Å². The molecular formula is C23H17ClN4O2SZn. The Balaban J connectivity index is 0.00000141. The monoisotopic (exact) mass is 512 g/mol. The first-order valence-corrected chi connectivity index (χ1v) is 13.7. The van der Waals surface area contributed by atoms with Crippen LogP contribution in [0.2, 0.25) is 0 Å². The van der Waals surface area contributed by atoms with Gasteiger partial charge in [-0.05, 0) is 57.5 Å². The number of nitrogens with zero attached hydrogens (tertiary/aromatic N) is 2. The van der Waals surface area contributed by atoms with Gasteiger partial charge in [0.05, 0.1) is 12.4 Å². The van der Waals surface area contributed by atoms with Crippen molar-refractivity contribution >= 4 is 61.0 Å². The van der Waals surface area contributed by atoms with Crippen molar-refractivity contribution in [3.63, 3.8) is 0 Å². The van der Waals surface area contributed by atoms with E-state index in [1.807, 2.05) is 54.6 Å². The largest absolute Gasteiger partial charge is 0.872 e. The normalized spacial score (nSPS) is 11.0. The molecule has 32 heavy (non-hydrogen) atoms. The van der Waals surface area contributed by atoms with Crippen molar-refractivity contribution in [1.29, 1.82) is 0 Å². The van der Waals surface area contributed by atoms with E-state index < -0.39 is 0 Å². The molecule has 6 nitrogen and oxygen atoms in total. The molecule has 0 amide bonds. The van der Waals surface area contributed by atoms with Gasteiger partial charge in [0.2, 0.25) is 5.11 Å². The third kappa shape index (κ3) is 6.01. The SMILES string of the molecule is [Cl][Zn+].[O-]c1cc2ccccc2cc1/C=N/NC(=S)N/N=C/c1cc2ccccc2cc1O. The second-order valence-electron chi connectivity index (χ2n) is 6.56. The Morgan fingerprint density at radius 3 is 1.81 bits per heavy atom. The quantitative estimate of drug-likeness (QED) is 0.164. The third-order valence-corrected chi connectivity index (χ3v) is 4.70. The van der Waals surface area contributed by atoms with Crippen molar-refractivity contribution in [2.24, 2.45) is 10.2 Å². The van der Waals surface area contributed by atoms with E-state index in [1.165, 1.54) is 12.4 Å². The fourth-order valence-corrected chi connectivity index (χ4v) is 3.14. The number of halogens is 1. The van der Waals surface area contributed by atoms with Gasteiger partial charge in [0, 0.05) is 5.56 Å². The van der Waals surface area contributed by atoms with Gasteiger partial charge in [0.25, 0.3) is 0 Å². The average Bonchev–Trinajstić information content (AvgIpc) is 2.81. The van der Waals surface area contributed by atoms with Gasteiger partial charge in [0.15, 0.2) is 0 Å². The summed E-state index contributed by atoms with van der Waals surface area (Å²) in [5.41, 5.74) is 6.24. The van der Waals surface area contributed by atoms with E-state index >= 15 is 0 Å². The van der Waals surface area contributed by atoms with Crippen LogP contribution in [0.4, 0.5) is 0 Å². The summed E-state index contributed by atoms with van der Waals surface area (Å²) in [6.45, 7) is 0. The number of benzene rings is 4. The van der Waals surface area contributed by atoms with Gasteiger partial charge in [-0.3, -0.25) is 10.9 Å². The molecule has 4 aromatic carbocycles. The smallest absolute Gasteiger partial charge is 0.207 e. The molecule has 0 aliphatic heterocycles. The second kappa shape index (κ2) is 11.5. The van der Waals surface area contributed by atoms with Gasteiger partial charge in [-0.25, -0.2) is 0 Å². The molecule has 0 bridgehead atoms. The first-order chi connectivity index (χ1) is 15.6. The van der Waals surface area contributed by atoms with Crippen LogP contribution in [0.3, 0.4) is 0 Å². The number of thiocarbonyl (C=S) groups is 1. The molecule has 0 saturated carbocycles. The van der Waals surface area contributed by atoms with Crippen molar-refractivity contribution in [3.05, 3.63) is 83.9 Å². The molecule has 0 saturated heterocycles. The molecule has 0 unspecified atom stereocenters. The zero-order valence-corrected chi connectivity index (χ0v) is 21.4. The van der Waals surface area contributed by atoms with Crippen molar-refractivity contribution < 1.29 is 27.5 Å². The molecule has 156 valence electrons. The van der Waals surface area contributed by atoms with Crippen molar-refractivity contribution in [2.75, 3.05) is 0 Å².